The fourth-order valence-electron chi connectivity index (χ4n) is 3.81. The van der Waals surface area contributed by atoms with E-state index in [-0.39, 0.29) is 17.9 Å². The fraction of sp³-hybridized carbons (Fsp3) is 0.310. The minimum Gasteiger partial charge on any atom is -0.352 e. The molecule has 7 heteroatoms. The standard InChI is InChI=1S/C29H32Cl2N2O2S/c1-21(2)32-29(35)27(19-22-7-4-3-5-8-22)33(20-23-10-12-24(30)13-11-23)28(34)9-6-18-36-26-16-14-25(31)15-17-26/h3-5,7-8,10-17,21,27H,6,9,18-20H2,1-2H3,(H,32,35)/t27-/m0/s1. The molecule has 0 aliphatic carbocycles. The van der Waals surface area contributed by atoms with Gasteiger partial charge in [-0.25, -0.2) is 0 Å². The van der Waals surface area contributed by atoms with Crippen LogP contribution in [0.1, 0.15) is 37.8 Å². The van der Waals surface area contributed by atoms with Gasteiger partial charge in [-0.15, -0.1) is 11.8 Å². The van der Waals surface area contributed by atoms with Crippen LogP contribution in [0.5, 0.6) is 0 Å². The summed E-state index contributed by atoms with van der Waals surface area (Å²) in [6.07, 6.45) is 1.50. The lowest BCUT2D eigenvalue weighted by Crippen LogP contribution is -2.51. The van der Waals surface area contributed by atoms with Crippen molar-refractivity contribution in [3.63, 3.8) is 0 Å². The second-order valence-corrected chi connectivity index (χ2v) is 11.0. The van der Waals surface area contributed by atoms with Gasteiger partial charge in [-0.3, -0.25) is 9.59 Å². The van der Waals surface area contributed by atoms with E-state index in [0.717, 1.165) is 21.8 Å². The second kappa shape index (κ2) is 14.3. The number of halogens is 2. The first-order valence-corrected chi connectivity index (χ1v) is 13.8. The predicted octanol–water partition coefficient (Wildman–Crippen LogP) is 7.03. The molecular formula is C29H32Cl2N2O2S. The molecule has 3 rings (SSSR count). The molecule has 190 valence electrons. The van der Waals surface area contributed by atoms with Crippen molar-refractivity contribution in [2.24, 2.45) is 0 Å². The summed E-state index contributed by atoms with van der Waals surface area (Å²) in [5.41, 5.74) is 1.94. The summed E-state index contributed by atoms with van der Waals surface area (Å²) in [4.78, 5) is 29.8. The van der Waals surface area contributed by atoms with Crippen molar-refractivity contribution in [3.8, 4) is 0 Å². The average molecular weight is 544 g/mol. The van der Waals surface area contributed by atoms with Gasteiger partial charge in [0.2, 0.25) is 11.8 Å². The highest BCUT2D eigenvalue weighted by molar-refractivity contribution is 7.99. The maximum atomic E-state index is 13.6. The number of thioether (sulfide) groups is 1. The minimum atomic E-state index is -0.623. The van der Waals surface area contributed by atoms with Gasteiger partial charge >= 0.3 is 0 Å². The number of nitrogens with zero attached hydrogens (tertiary/aromatic N) is 1. The second-order valence-electron chi connectivity index (χ2n) is 8.92. The molecule has 36 heavy (non-hydrogen) atoms. The molecule has 1 N–H and O–H groups in total. The molecule has 0 heterocycles. The summed E-state index contributed by atoms with van der Waals surface area (Å²) >= 11 is 13.7. The molecule has 2 amide bonds. The maximum Gasteiger partial charge on any atom is 0.243 e. The maximum absolute atomic E-state index is 13.6. The molecule has 0 spiro atoms. The van der Waals surface area contributed by atoms with Crippen LogP contribution in [0.4, 0.5) is 0 Å². The molecule has 0 fully saturated rings. The number of benzene rings is 3. The van der Waals surface area contributed by atoms with Crippen molar-refractivity contribution >= 4 is 46.8 Å². The minimum absolute atomic E-state index is 0.0287. The third-order valence-electron chi connectivity index (χ3n) is 5.59. The third-order valence-corrected chi connectivity index (χ3v) is 7.19. The first-order chi connectivity index (χ1) is 17.3. The quantitative estimate of drug-likeness (QED) is 0.197. The van der Waals surface area contributed by atoms with Crippen LogP contribution in [0.3, 0.4) is 0 Å². The lowest BCUT2D eigenvalue weighted by atomic mass is 10.0. The molecule has 4 nitrogen and oxygen atoms in total. The molecule has 3 aromatic carbocycles. The van der Waals surface area contributed by atoms with Gasteiger partial charge in [0.25, 0.3) is 0 Å². The zero-order chi connectivity index (χ0) is 25.9. The number of rotatable bonds is 12. The molecule has 0 unspecified atom stereocenters. The molecule has 3 aromatic rings. The van der Waals surface area contributed by atoms with E-state index in [9.17, 15) is 9.59 Å². The Labute approximate surface area is 228 Å². The van der Waals surface area contributed by atoms with Crippen LogP contribution in [-0.2, 0) is 22.6 Å². The number of carbonyl (C=O) groups is 2. The summed E-state index contributed by atoms with van der Waals surface area (Å²) in [6.45, 7) is 4.19. The summed E-state index contributed by atoms with van der Waals surface area (Å²) < 4.78 is 0. The Morgan fingerprint density at radius 3 is 2.08 bits per heavy atom. The number of carbonyl (C=O) groups excluding carboxylic acids is 2. The van der Waals surface area contributed by atoms with Crippen LogP contribution in [0.15, 0.2) is 83.8 Å². The highest BCUT2D eigenvalue weighted by Crippen LogP contribution is 2.23. The molecule has 0 saturated heterocycles. The highest BCUT2D eigenvalue weighted by atomic mass is 35.5. The molecular weight excluding hydrogens is 511 g/mol. The van der Waals surface area contributed by atoms with Crippen molar-refractivity contribution < 1.29 is 9.59 Å². The van der Waals surface area contributed by atoms with Crippen LogP contribution in [0, 0.1) is 0 Å². The lowest BCUT2D eigenvalue weighted by Gasteiger charge is -2.32. The van der Waals surface area contributed by atoms with E-state index in [1.54, 1.807) is 16.7 Å². The van der Waals surface area contributed by atoms with Crippen molar-refractivity contribution in [1.82, 2.24) is 10.2 Å². The Balaban J connectivity index is 1.77. The summed E-state index contributed by atoms with van der Waals surface area (Å²) in [5, 5.41) is 4.36. The van der Waals surface area contributed by atoms with E-state index in [4.69, 9.17) is 23.2 Å². The Hall–Kier alpha value is -2.47. The summed E-state index contributed by atoms with van der Waals surface area (Å²) in [6, 6.07) is 24.3. The van der Waals surface area contributed by atoms with E-state index >= 15 is 0 Å². The first kappa shape index (κ1) is 28.1. The lowest BCUT2D eigenvalue weighted by molar-refractivity contribution is -0.141. The predicted molar refractivity (Wildman–Crippen MR) is 151 cm³/mol. The van der Waals surface area contributed by atoms with E-state index in [2.05, 4.69) is 5.32 Å². The van der Waals surface area contributed by atoms with Gasteiger partial charge in [-0.05, 0) is 73.5 Å². The number of nitrogens with one attached hydrogen (secondary N) is 1. The molecule has 0 aromatic heterocycles. The largest absolute Gasteiger partial charge is 0.352 e. The summed E-state index contributed by atoms with van der Waals surface area (Å²) in [7, 11) is 0. The van der Waals surface area contributed by atoms with Gasteiger partial charge < -0.3 is 10.2 Å². The zero-order valence-corrected chi connectivity index (χ0v) is 23.0. The average Bonchev–Trinajstić information content (AvgIpc) is 2.86. The van der Waals surface area contributed by atoms with Crippen molar-refractivity contribution in [3.05, 3.63) is 100 Å². The van der Waals surface area contributed by atoms with E-state index in [0.29, 0.717) is 35.9 Å². The van der Waals surface area contributed by atoms with Crippen molar-refractivity contribution in [1.29, 1.82) is 0 Å². The van der Waals surface area contributed by atoms with Crippen LogP contribution < -0.4 is 5.32 Å². The van der Waals surface area contributed by atoms with Crippen molar-refractivity contribution in [2.45, 2.75) is 56.6 Å². The summed E-state index contributed by atoms with van der Waals surface area (Å²) in [5.74, 6) is 0.608. The van der Waals surface area contributed by atoms with Crippen LogP contribution in [0.25, 0.3) is 0 Å². The number of amides is 2. The van der Waals surface area contributed by atoms with Crippen LogP contribution in [-0.4, -0.2) is 34.6 Å². The number of hydrogen-bond donors (Lipinski definition) is 1. The molecule has 0 radical (unpaired) electrons. The molecule has 1 atom stereocenters. The number of hydrogen-bond acceptors (Lipinski definition) is 3. The third kappa shape index (κ3) is 9.20. The highest BCUT2D eigenvalue weighted by Gasteiger charge is 2.30. The molecule has 0 saturated carbocycles. The zero-order valence-electron chi connectivity index (χ0n) is 20.6. The van der Waals surface area contributed by atoms with Gasteiger partial charge in [0.1, 0.15) is 6.04 Å². The Morgan fingerprint density at radius 2 is 1.47 bits per heavy atom. The Bertz CT molecular complexity index is 1110. The van der Waals surface area contributed by atoms with E-state index in [1.807, 2.05) is 92.7 Å². The van der Waals surface area contributed by atoms with Gasteiger partial charge in [0, 0.05) is 40.4 Å². The van der Waals surface area contributed by atoms with Gasteiger partial charge in [0.15, 0.2) is 0 Å². The van der Waals surface area contributed by atoms with Gasteiger partial charge in [-0.2, -0.15) is 0 Å². The molecule has 0 bridgehead atoms. The SMILES string of the molecule is CC(C)NC(=O)[C@H](Cc1ccccc1)N(Cc1ccc(Cl)cc1)C(=O)CCCSc1ccc(Cl)cc1. The fourth-order valence-corrected chi connectivity index (χ4v) is 4.91. The van der Waals surface area contributed by atoms with Gasteiger partial charge in [-0.1, -0.05) is 65.7 Å². The van der Waals surface area contributed by atoms with E-state index in [1.165, 1.54) is 0 Å². The topological polar surface area (TPSA) is 49.4 Å². The first-order valence-electron chi connectivity index (χ1n) is 12.1. The smallest absolute Gasteiger partial charge is 0.243 e. The molecule has 0 aliphatic rings. The Kier molecular flexibility index (Phi) is 11.2. The van der Waals surface area contributed by atoms with Crippen LogP contribution in [0.2, 0.25) is 10.0 Å². The molecule has 0 aliphatic heterocycles. The Morgan fingerprint density at radius 1 is 0.861 bits per heavy atom. The normalized spacial score (nSPS) is 11.8. The van der Waals surface area contributed by atoms with Crippen LogP contribution >= 0.6 is 35.0 Å². The van der Waals surface area contributed by atoms with Gasteiger partial charge in [0.05, 0.1) is 0 Å². The monoisotopic (exact) mass is 542 g/mol. The van der Waals surface area contributed by atoms with E-state index < -0.39 is 6.04 Å². The van der Waals surface area contributed by atoms with Crippen molar-refractivity contribution in [2.75, 3.05) is 5.75 Å².